The van der Waals surface area contributed by atoms with E-state index in [0.29, 0.717) is 5.56 Å². The van der Waals surface area contributed by atoms with Crippen molar-refractivity contribution in [1.82, 2.24) is 5.32 Å². The van der Waals surface area contributed by atoms with Gasteiger partial charge in [0.15, 0.2) is 5.78 Å². The second-order valence-electron chi connectivity index (χ2n) is 5.31. The van der Waals surface area contributed by atoms with Gasteiger partial charge in [-0.3, -0.25) is 14.4 Å². The summed E-state index contributed by atoms with van der Waals surface area (Å²) in [5.41, 5.74) is 5.08. The fraction of sp³-hybridized carbons (Fsp3) is 0.400. The third kappa shape index (κ3) is 5.99. The number of ketones is 1. The number of hydrogen-bond donors (Lipinski definition) is 2. The molecule has 0 bridgehead atoms. The van der Waals surface area contributed by atoms with E-state index in [-0.39, 0.29) is 29.7 Å². The lowest BCUT2D eigenvalue weighted by Crippen LogP contribution is -2.42. The van der Waals surface area contributed by atoms with Crippen molar-refractivity contribution in [3.8, 4) is 0 Å². The molecule has 0 aliphatic carbocycles. The number of benzene rings is 1. The van der Waals surface area contributed by atoms with E-state index in [2.05, 4.69) is 5.32 Å². The highest BCUT2D eigenvalue weighted by molar-refractivity contribution is 8.00. The van der Waals surface area contributed by atoms with Crippen LogP contribution in [0.5, 0.6) is 0 Å². The number of amides is 2. The quantitative estimate of drug-likeness (QED) is 0.707. The third-order valence-corrected chi connectivity index (χ3v) is 3.89. The van der Waals surface area contributed by atoms with Crippen molar-refractivity contribution in [2.24, 2.45) is 11.1 Å². The van der Waals surface area contributed by atoms with Crippen molar-refractivity contribution < 1.29 is 14.4 Å². The monoisotopic (exact) mass is 308 g/mol. The minimum absolute atomic E-state index is 0.00846. The fourth-order valence-corrected chi connectivity index (χ4v) is 2.14. The molecule has 0 fully saturated rings. The molecule has 21 heavy (non-hydrogen) atoms. The predicted octanol–water partition coefficient (Wildman–Crippen LogP) is 1.23. The SMILES string of the molecule is CC(C)(CNC(=O)CSCC(=O)c1ccccc1)C(N)=O. The molecule has 0 unspecified atom stereocenters. The normalized spacial score (nSPS) is 11.0. The average molecular weight is 308 g/mol. The second-order valence-corrected chi connectivity index (χ2v) is 6.29. The molecule has 0 spiro atoms. The Morgan fingerprint density at radius 3 is 2.33 bits per heavy atom. The van der Waals surface area contributed by atoms with Gasteiger partial charge in [0.25, 0.3) is 0 Å². The highest BCUT2D eigenvalue weighted by atomic mass is 32.2. The van der Waals surface area contributed by atoms with Crippen molar-refractivity contribution in [2.75, 3.05) is 18.1 Å². The molecule has 0 aliphatic rings. The Bertz CT molecular complexity index is 515. The lowest BCUT2D eigenvalue weighted by atomic mass is 9.93. The summed E-state index contributed by atoms with van der Waals surface area (Å²) in [6.45, 7) is 3.53. The van der Waals surface area contributed by atoms with Gasteiger partial charge in [-0.15, -0.1) is 11.8 Å². The van der Waals surface area contributed by atoms with Crippen LogP contribution in [0.4, 0.5) is 0 Å². The molecule has 0 heterocycles. The zero-order valence-corrected chi connectivity index (χ0v) is 13.0. The number of primary amides is 1. The molecule has 0 radical (unpaired) electrons. The Kier molecular flexibility index (Phi) is 6.42. The van der Waals surface area contributed by atoms with Crippen LogP contribution in [-0.2, 0) is 9.59 Å². The van der Waals surface area contributed by atoms with Gasteiger partial charge in [-0.05, 0) is 13.8 Å². The van der Waals surface area contributed by atoms with Crippen LogP contribution in [0.2, 0.25) is 0 Å². The molecular formula is C15H20N2O3S. The average Bonchev–Trinajstić information content (AvgIpc) is 2.46. The Morgan fingerprint density at radius 1 is 1.14 bits per heavy atom. The molecule has 0 saturated carbocycles. The number of nitrogens with two attached hydrogens (primary N) is 1. The van der Waals surface area contributed by atoms with Crippen molar-refractivity contribution >= 4 is 29.4 Å². The molecule has 0 aromatic heterocycles. The summed E-state index contributed by atoms with van der Waals surface area (Å²) in [6, 6.07) is 8.95. The molecule has 5 nitrogen and oxygen atoms in total. The second kappa shape index (κ2) is 7.83. The van der Waals surface area contributed by atoms with Gasteiger partial charge in [-0.2, -0.15) is 0 Å². The number of carbonyl (C=O) groups excluding carboxylic acids is 3. The Balaban J connectivity index is 2.28. The van der Waals surface area contributed by atoms with Gasteiger partial charge in [0.1, 0.15) is 0 Å². The Hall–Kier alpha value is -1.82. The lowest BCUT2D eigenvalue weighted by Gasteiger charge is -2.20. The third-order valence-electron chi connectivity index (χ3n) is 2.96. The first kappa shape index (κ1) is 17.2. The standard InChI is InChI=1S/C15H20N2O3S/c1-15(2,14(16)20)10-17-13(19)9-21-8-12(18)11-6-4-3-5-7-11/h3-7H,8-10H2,1-2H3,(H2,16,20)(H,17,19). The van der Waals surface area contributed by atoms with E-state index in [9.17, 15) is 14.4 Å². The number of thioether (sulfide) groups is 1. The fourth-order valence-electron chi connectivity index (χ4n) is 1.40. The minimum Gasteiger partial charge on any atom is -0.369 e. The zero-order chi connectivity index (χ0) is 15.9. The van der Waals surface area contributed by atoms with E-state index < -0.39 is 11.3 Å². The first-order valence-corrected chi connectivity index (χ1v) is 7.71. The van der Waals surface area contributed by atoms with Crippen molar-refractivity contribution in [3.05, 3.63) is 35.9 Å². The van der Waals surface area contributed by atoms with Gasteiger partial charge in [0.05, 0.1) is 16.9 Å². The van der Waals surface area contributed by atoms with Crippen LogP contribution >= 0.6 is 11.8 Å². The summed E-state index contributed by atoms with van der Waals surface area (Å²) in [7, 11) is 0. The van der Waals surface area contributed by atoms with E-state index in [4.69, 9.17) is 5.73 Å². The molecular weight excluding hydrogens is 288 g/mol. The van der Waals surface area contributed by atoms with E-state index >= 15 is 0 Å². The van der Waals surface area contributed by atoms with Gasteiger partial charge in [-0.25, -0.2) is 0 Å². The lowest BCUT2D eigenvalue weighted by molar-refractivity contribution is -0.126. The highest BCUT2D eigenvalue weighted by Crippen LogP contribution is 2.12. The summed E-state index contributed by atoms with van der Waals surface area (Å²) in [5, 5.41) is 2.65. The summed E-state index contributed by atoms with van der Waals surface area (Å²) >= 11 is 1.25. The largest absolute Gasteiger partial charge is 0.369 e. The predicted molar refractivity (Wildman–Crippen MR) is 84.1 cm³/mol. The molecule has 0 saturated heterocycles. The van der Waals surface area contributed by atoms with Gasteiger partial charge in [0, 0.05) is 12.1 Å². The Morgan fingerprint density at radius 2 is 1.76 bits per heavy atom. The van der Waals surface area contributed by atoms with Gasteiger partial charge >= 0.3 is 0 Å². The zero-order valence-electron chi connectivity index (χ0n) is 12.2. The van der Waals surface area contributed by atoms with Crippen LogP contribution in [0.25, 0.3) is 0 Å². The van der Waals surface area contributed by atoms with Crippen LogP contribution < -0.4 is 11.1 Å². The van der Waals surface area contributed by atoms with Crippen LogP contribution in [0.1, 0.15) is 24.2 Å². The molecule has 1 aromatic carbocycles. The number of hydrogen-bond acceptors (Lipinski definition) is 4. The number of Topliss-reactive ketones (excluding diaryl/α,β-unsaturated/α-hetero) is 1. The van der Waals surface area contributed by atoms with E-state index in [1.807, 2.05) is 6.07 Å². The molecule has 2 amide bonds. The van der Waals surface area contributed by atoms with Gasteiger partial charge < -0.3 is 11.1 Å². The molecule has 0 atom stereocenters. The number of rotatable bonds is 8. The summed E-state index contributed by atoms with van der Waals surface area (Å²) < 4.78 is 0. The van der Waals surface area contributed by atoms with Crippen LogP contribution in [-0.4, -0.2) is 35.6 Å². The molecule has 0 aliphatic heterocycles. The van der Waals surface area contributed by atoms with Crippen LogP contribution in [0.3, 0.4) is 0 Å². The van der Waals surface area contributed by atoms with E-state index in [1.54, 1.807) is 38.1 Å². The van der Waals surface area contributed by atoms with Crippen molar-refractivity contribution in [1.29, 1.82) is 0 Å². The van der Waals surface area contributed by atoms with Crippen molar-refractivity contribution in [3.63, 3.8) is 0 Å². The van der Waals surface area contributed by atoms with E-state index in [0.717, 1.165) is 0 Å². The first-order chi connectivity index (χ1) is 9.83. The maximum atomic E-state index is 11.8. The topological polar surface area (TPSA) is 89.3 Å². The Labute approximate surface area is 128 Å². The number of carbonyl (C=O) groups is 3. The molecule has 1 rings (SSSR count). The minimum atomic E-state index is -0.778. The summed E-state index contributed by atoms with van der Waals surface area (Å²) in [5.74, 6) is -0.264. The summed E-state index contributed by atoms with van der Waals surface area (Å²) in [4.78, 5) is 34.6. The van der Waals surface area contributed by atoms with Crippen LogP contribution in [0, 0.1) is 5.41 Å². The van der Waals surface area contributed by atoms with Crippen molar-refractivity contribution in [2.45, 2.75) is 13.8 Å². The highest BCUT2D eigenvalue weighted by Gasteiger charge is 2.25. The maximum absolute atomic E-state index is 11.8. The van der Waals surface area contributed by atoms with Gasteiger partial charge in [-0.1, -0.05) is 30.3 Å². The number of nitrogens with one attached hydrogen (secondary N) is 1. The molecule has 6 heteroatoms. The molecule has 1 aromatic rings. The summed E-state index contributed by atoms with van der Waals surface area (Å²) in [6.07, 6.45) is 0. The van der Waals surface area contributed by atoms with Crippen LogP contribution in [0.15, 0.2) is 30.3 Å². The maximum Gasteiger partial charge on any atom is 0.230 e. The first-order valence-electron chi connectivity index (χ1n) is 6.55. The molecule has 114 valence electrons. The van der Waals surface area contributed by atoms with E-state index in [1.165, 1.54) is 11.8 Å². The molecule has 3 N–H and O–H groups in total. The van der Waals surface area contributed by atoms with Gasteiger partial charge in [0.2, 0.25) is 11.8 Å². The smallest absolute Gasteiger partial charge is 0.230 e.